The minimum Gasteiger partial charge on any atom is -0.461 e. The first-order valence-corrected chi connectivity index (χ1v) is 13.9. The smallest absolute Gasteiger partial charge is 0.412 e. The molecule has 41 heavy (non-hydrogen) atoms. The molecule has 1 fully saturated rings. The van der Waals surface area contributed by atoms with E-state index in [1.165, 1.54) is 17.4 Å². The topological polar surface area (TPSA) is 124 Å². The minimum absolute atomic E-state index is 0.0874. The van der Waals surface area contributed by atoms with Crippen molar-refractivity contribution < 1.29 is 38.1 Å². The monoisotopic (exact) mass is 567 g/mol. The molecule has 1 N–H and O–H groups in total. The lowest BCUT2D eigenvalue weighted by atomic mass is 9.99. The van der Waals surface area contributed by atoms with Gasteiger partial charge in [-0.15, -0.1) is 0 Å². The highest BCUT2D eigenvalue weighted by Gasteiger charge is 2.25. The fraction of sp³-hybridized carbons (Fsp3) is 0.467. The van der Waals surface area contributed by atoms with Gasteiger partial charge in [-0.25, -0.2) is 4.79 Å². The van der Waals surface area contributed by atoms with Gasteiger partial charge < -0.3 is 29.2 Å². The van der Waals surface area contributed by atoms with Crippen LogP contribution in [0.1, 0.15) is 42.9 Å². The van der Waals surface area contributed by atoms with Crippen LogP contribution in [0.5, 0.6) is 0 Å². The van der Waals surface area contributed by atoms with E-state index in [1.54, 1.807) is 0 Å². The Bertz CT molecular complexity index is 1200. The van der Waals surface area contributed by atoms with Crippen LogP contribution in [0.15, 0.2) is 48.5 Å². The van der Waals surface area contributed by atoms with Gasteiger partial charge in [0, 0.05) is 45.3 Å². The van der Waals surface area contributed by atoms with E-state index in [0.717, 1.165) is 24.1 Å². The molecule has 220 valence electrons. The van der Waals surface area contributed by atoms with Crippen molar-refractivity contribution in [2.75, 3.05) is 44.9 Å². The molecule has 0 aliphatic carbocycles. The highest BCUT2D eigenvalue weighted by molar-refractivity contribution is 5.91. The molecule has 4 rings (SSSR count). The Morgan fingerprint density at radius 1 is 0.927 bits per heavy atom. The normalized spacial score (nSPS) is 15.5. The van der Waals surface area contributed by atoms with Crippen molar-refractivity contribution in [1.29, 1.82) is 0 Å². The number of carbonyl (C=O) groups excluding carboxylic acids is 4. The summed E-state index contributed by atoms with van der Waals surface area (Å²) in [6.07, 6.45) is 1.66. The van der Waals surface area contributed by atoms with Crippen molar-refractivity contribution >= 4 is 29.6 Å². The molecule has 2 amide bonds. The number of hydrogen-bond acceptors (Lipinski definition) is 9. The quantitative estimate of drug-likeness (QED) is 0.322. The Morgan fingerprint density at radius 2 is 1.71 bits per heavy atom. The number of anilines is 1. The SMILES string of the molecule is CC(=O)OCOC(=O)N1CCC(OCC(=O)Nc2ccc3c(c2)CN(CCC(=O)OCc2ccccc2)CC3)CC1. The van der Waals surface area contributed by atoms with Crippen molar-refractivity contribution in [3.05, 3.63) is 65.2 Å². The van der Waals surface area contributed by atoms with Crippen LogP contribution in [0.25, 0.3) is 0 Å². The fourth-order valence-electron chi connectivity index (χ4n) is 4.79. The Morgan fingerprint density at radius 3 is 2.46 bits per heavy atom. The highest BCUT2D eigenvalue weighted by Crippen LogP contribution is 2.23. The van der Waals surface area contributed by atoms with Gasteiger partial charge in [0.1, 0.15) is 13.2 Å². The molecule has 0 atom stereocenters. The maximum absolute atomic E-state index is 12.6. The molecular weight excluding hydrogens is 530 g/mol. The van der Waals surface area contributed by atoms with Crippen LogP contribution in [-0.4, -0.2) is 79.4 Å². The average Bonchev–Trinajstić information content (AvgIpc) is 2.98. The van der Waals surface area contributed by atoms with E-state index in [9.17, 15) is 19.2 Å². The number of carbonyl (C=O) groups is 4. The third-order valence-corrected chi connectivity index (χ3v) is 7.05. The van der Waals surface area contributed by atoms with Crippen LogP contribution >= 0.6 is 0 Å². The van der Waals surface area contributed by atoms with E-state index in [-0.39, 0.29) is 31.2 Å². The number of amides is 2. The molecule has 2 aromatic rings. The summed E-state index contributed by atoms with van der Waals surface area (Å²) in [5, 5.41) is 2.91. The summed E-state index contributed by atoms with van der Waals surface area (Å²) in [7, 11) is 0. The summed E-state index contributed by atoms with van der Waals surface area (Å²) in [5.41, 5.74) is 4.03. The fourth-order valence-corrected chi connectivity index (χ4v) is 4.79. The zero-order chi connectivity index (χ0) is 29.0. The number of rotatable bonds is 11. The van der Waals surface area contributed by atoms with Crippen molar-refractivity contribution in [2.24, 2.45) is 0 Å². The molecule has 2 aliphatic rings. The Hall–Kier alpha value is -3.96. The largest absolute Gasteiger partial charge is 0.461 e. The van der Waals surface area contributed by atoms with E-state index in [0.29, 0.717) is 51.1 Å². The van der Waals surface area contributed by atoms with Crippen LogP contribution in [0.4, 0.5) is 10.5 Å². The van der Waals surface area contributed by atoms with E-state index < -0.39 is 18.9 Å². The predicted octanol–water partition coefficient (Wildman–Crippen LogP) is 3.25. The maximum atomic E-state index is 12.6. The summed E-state index contributed by atoms with van der Waals surface area (Å²) in [6, 6.07) is 15.5. The second kappa shape index (κ2) is 15.2. The minimum atomic E-state index is -0.545. The van der Waals surface area contributed by atoms with Crippen LogP contribution in [0.3, 0.4) is 0 Å². The van der Waals surface area contributed by atoms with Crippen LogP contribution in [0.2, 0.25) is 0 Å². The van der Waals surface area contributed by atoms with Gasteiger partial charge in [-0.1, -0.05) is 36.4 Å². The highest BCUT2D eigenvalue weighted by atomic mass is 16.7. The van der Waals surface area contributed by atoms with E-state index >= 15 is 0 Å². The standard InChI is InChI=1S/C30H37N3O8/c1-22(34)40-21-41-30(37)33-15-10-27(11-16-33)38-20-28(35)31-26-8-7-24-9-13-32(18-25(24)17-26)14-12-29(36)39-19-23-5-3-2-4-6-23/h2-8,17,27H,9-16,18-21H2,1H3,(H,31,35). The lowest BCUT2D eigenvalue weighted by Gasteiger charge is -2.31. The molecular formula is C30H37N3O8. The average molecular weight is 568 g/mol. The van der Waals surface area contributed by atoms with Crippen LogP contribution in [0, 0.1) is 0 Å². The van der Waals surface area contributed by atoms with Crippen molar-refractivity contribution in [3.63, 3.8) is 0 Å². The Kier molecular flexibility index (Phi) is 11.1. The van der Waals surface area contributed by atoms with Crippen molar-refractivity contribution in [1.82, 2.24) is 9.80 Å². The number of esters is 2. The van der Waals surface area contributed by atoms with Gasteiger partial charge in [0.25, 0.3) is 0 Å². The summed E-state index contributed by atoms with van der Waals surface area (Å²) in [6.45, 7) is 4.05. The van der Waals surface area contributed by atoms with Crippen molar-refractivity contribution in [3.8, 4) is 0 Å². The zero-order valence-electron chi connectivity index (χ0n) is 23.3. The summed E-state index contributed by atoms with van der Waals surface area (Å²) in [5.74, 6) is -0.984. The number of nitrogens with zero attached hydrogens (tertiary/aromatic N) is 2. The molecule has 2 heterocycles. The predicted molar refractivity (Wildman–Crippen MR) is 149 cm³/mol. The van der Waals surface area contributed by atoms with E-state index in [1.807, 2.05) is 48.5 Å². The molecule has 0 unspecified atom stereocenters. The second-order valence-electron chi connectivity index (χ2n) is 10.1. The van der Waals surface area contributed by atoms with Gasteiger partial charge >= 0.3 is 18.0 Å². The third kappa shape index (κ3) is 9.87. The van der Waals surface area contributed by atoms with Gasteiger partial charge in [-0.05, 0) is 48.1 Å². The van der Waals surface area contributed by atoms with Gasteiger partial charge in [-0.3, -0.25) is 19.3 Å². The molecule has 0 bridgehead atoms. The number of piperidine rings is 1. The maximum Gasteiger partial charge on any atom is 0.412 e. The summed E-state index contributed by atoms with van der Waals surface area (Å²) < 4.78 is 20.7. The molecule has 0 aromatic heterocycles. The number of ether oxygens (including phenoxy) is 4. The Balaban J connectivity index is 1.14. The van der Waals surface area contributed by atoms with Gasteiger partial charge in [0.2, 0.25) is 12.7 Å². The first kappa shape index (κ1) is 30.0. The number of fused-ring (bicyclic) bond motifs is 1. The Labute approximate surface area is 239 Å². The molecule has 2 aliphatic heterocycles. The van der Waals surface area contributed by atoms with Gasteiger partial charge in [-0.2, -0.15) is 0 Å². The number of likely N-dealkylation sites (tertiary alicyclic amines) is 1. The lowest BCUT2D eigenvalue weighted by molar-refractivity contribution is -0.150. The van der Waals surface area contributed by atoms with Crippen molar-refractivity contribution in [2.45, 2.75) is 51.9 Å². The van der Waals surface area contributed by atoms with Crippen LogP contribution < -0.4 is 5.32 Å². The van der Waals surface area contributed by atoms with Gasteiger partial charge in [0.15, 0.2) is 0 Å². The zero-order valence-corrected chi connectivity index (χ0v) is 23.3. The molecule has 0 spiro atoms. The molecule has 1 saturated heterocycles. The number of hydrogen-bond donors (Lipinski definition) is 1. The third-order valence-electron chi connectivity index (χ3n) is 7.05. The van der Waals surface area contributed by atoms with Gasteiger partial charge in [0.05, 0.1) is 12.5 Å². The molecule has 11 heteroatoms. The molecule has 0 saturated carbocycles. The van der Waals surface area contributed by atoms with E-state index in [4.69, 9.17) is 14.2 Å². The molecule has 2 aromatic carbocycles. The molecule has 11 nitrogen and oxygen atoms in total. The number of benzene rings is 2. The summed E-state index contributed by atoms with van der Waals surface area (Å²) >= 11 is 0. The van der Waals surface area contributed by atoms with E-state index in [2.05, 4.69) is 15.0 Å². The first-order chi connectivity index (χ1) is 19.9. The second-order valence-corrected chi connectivity index (χ2v) is 10.1. The lowest BCUT2D eigenvalue weighted by Crippen LogP contribution is -2.42. The van der Waals surface area contributed by atoms with Crippen LogP contribution in [-0.2, 0) is 52.9 Å². The first-order valence-electron chi connectivity index (χ1n) is 13.9. The summed E-state index contributed by atoms with van der Waals surface area (Å²) in [4.78, 5) is 51.3. The number of nitrogens with one attached hydrogen (secondary N) is 1. The molecule has 0 radical (unpaired) electrons.